The molecule has 3 heterocycles. The van der Waals surface area contributed by atoms with Gasteiger partial charge < -0.3 is 10.1 Å². The van der Waals surface area contributed by atoms with Crippen LogP contribution in [0.15, 0.2) is 12.1 Å². The zero-order valence-electron chi connectivity index (χ0n) is 15.5. The summed E-state index contributed by atoms with van der Waals surface area (Å²) in [6.45, 7) is 3.24. The zero-order chi connectivity index (χ0) is 19.6. The number of rotatable bonds is 6. The van der Waals surface area contributed by atoms with Gasteiger partial charge in [0.15, 0.2) is 0 Å². The van der Waals surface area contributed by atoms with Crippen LogP contribution >= 0.6 is 11.3 Å². The Kier molecular flexibility index (Phi) is 6.19. The van der Waals surface area contributed by atoms with Crippen LogP contribution < -0.4 is 5.32 Å². The molecule has 10 heteroatoms. The van der Waals surface area contributed by atoms with Crippen LogP contribution in [0.2, 0.25) is 0 Å². The number of nitrogens with zero attached hydrogens (tertiary/aromatic N) is 2. The number of methoxy groups -OCH3 is 1. The summed E-state index contributed by atoms with van der Waals surface area (Å²) in [7, 11) is -2.07. The van der Waals surface area contributed by atoms with E-state index in [9.17, 15) is 18.0 Å². The minimum absolute atomic E-state index is 0.0903. The molecule has 8 nitrogen and oxygen atoms in total. The molecule has 1 aromatic rings. The minimum Gasteiger partial charge on any atom is -0.385 e. The van der Waals surface area contributed by atoms with Gasteiger partial charge in [0.05, 0.1) is 16.7 Å². The quantitative estimate of drug-likeness (QED) is 0.678. The van der Waals surface area contributed by atoms with Gasteiger partial charge in [-0.3, -0.25) is 14.5 Å². The first-order valence-electron chi connectivity index (χ1n) is 8.96. The van der Waals surface area contributed by atoms with Gasteiger partial charge in [-0.15, -0.1) is 11.3 Å². The second kappa shape index (κ2) is 8.26. The molecule has 0 aliphatic carbocycles. The molecule has 1 aromatic heterocycles. The smallest absolute Gasteiger partial charge is 0.261 e. The minimum atomic E-state index is -3.61. The lowest BCUT2D eigenvalue weighted by Gasteiger charge is -2.23. The highest BCUT2D eigenvalue weighted by atomic mass is 32.2. The molecule has 2 saturated heterocycles. The van der Waals surface area contributed by atoms with Crippen LogP contribution in [0.3, 0.4) is 0 Å². The SMILES string of the molecule is COCCCN1C(=O)[C@@H]2C[C@H](NC(=O)c3ccc(C)s3)CN2CCS1(=O)=O. The first kappa shape index (κ1) is 20.2. The number of fused-ring (bicyclic) bond motifs is 1. The lowest BCUT2D eigenvalue weighted by Crippen LogP contribution is -2.44. The first-order valence-corrected chi connectivity index (χ1v) is 11.4. The molecule has 3 rings (SSSR count). The Labute approximate surface area is 163 Å². The van der Waals surface area contributed by atoms with E-state index >= 15 is 0 Å². The Balaban J connectivity index is 1.67. The van der Waals surface area contributed by atoms with E-state index in [0.717, 1.165) is 9.18 Å². The number of amides is 2. The Morgan fingerprint density at radius 1 is 1.41 bits per heavy atom. The van der Waals surface area contributed by atoms with E-state index in [1.807, 2.05) is 17.9 Å². The Morgan fingerprint density at radius 3 is 2.85 bits per heavy atom. The third-order valence-electron chi connectivity index (χ3n) is 4.92. The van der Waals surface area contributed by atoms with Gasteiger partial charge in [-0.1, -0.05) is 0 Å². The van der Waals surface area contributed by atoms with Crippen molar-refractivity contribution in [3.05, 3.63) is 21.9 Å². The highest BCUT2D eigenvalue weighted by Crippen LogP contribution is 2.25. The van der Waals surface area contributed by atoms with Crippen molar-refractivity contribution in [1.29, 1.82) is 0 Å². The summed E-state index contributed by atoms with van der Waals surface area (Å²) in [5.74, 6) is -0.632. The molecule has 2 aliphatic heterocycles. The molecule has 2 amide bonds. The number of carbonyl (C=O) groups excluding carboxylic acids is 2. The molecular weight excluding hydrogens is 390 g/mol. The summed E-state index contributed by atoms with van der Waals surface area (Å²) in [4.78, 5) is 28.9. The number of hydrogen-bond acceptors (Lipinski definition) is 7. The number of nitrogens with one attached hydrogen (secondary N) is 1. The molecule has 27 heavy (non-hydrogen) atoms. The van der Waals surface area contributed by atoms with Crippen LogP contribution in [0.25, 0.3) is 0 Å². The Bertz CT molecular complexity index is 807. The Hall–Kier alpha value is -1.49. The predicted octanol–water partition coefficient (Wildman–Crippen LogP) is 0.438. The van der Waals surface area contributed by atoms with E-state index in [1.165, 1.54) is 11.3 Å². The van der Waals surface area contributed by atoms with Crippen molar-refractivity contribution in [2.75, 3.05) is 39.1 Å². The van der Waals surface area contributed by atoms with Crippen molar-refractivity contribution in [3.8, 4) is 0 Å². The maximum absolute atomic E-state index is 12.9. The summed E-state index contributed by atoms with van der Waals surface area (Å²) >= 11 is 1.43. The lowest BCUT2D eigenvalue weighted by atomic mass is 10.1. The fraction of sp³-hybridized carbons (Fsp3) is 0.647. The first-order chi connectivity index (χ1) is 12.8. The number of ether oxygens (including phenoxy) is 1. The molecule has 0 bridgehead atoms. The molecule has 0 unspecified atom stereocenters. The van der Waals surface area contributed by atoms with E-state index in [-0.39, 0.29) is 24.2 Å². The van der Waals surface area contributed by atoms with Gasteiger partial charge in [-0.25, -0.2) is 12.7 Å². The number of thiophene rings is 1. The number of hydrogen-bond donors (Lipinski definition) is 1. The number of aryl methyl sites for hydroxylation is 1. The van der Waals surface area contributed by atoms with Crippen molar-refractivity contribution in [1.82, 2.24) is 14.5 Å². The second-order valence-electron chi connectivity index (χ2n) is 6.90. The number of carbonyl (C=O) groups is 2. The average molecular weight is 416 g/mol. The highest BCUT2D eigenvalue weighted by molar-refractivity contribution is 7.89. The highest BCUT2D eigenvalue weighted by Gasteiger charge is 2.45. The van der Waals surface area contributed by atoms with Crippen LogP contribution in [0.5, 0.6) is 0 Å². The van der Waals surface area contributed by atoms with E-state index in [2.05, 4.69) is 5.32 Å². The van der Waals surface area contributed by atoms with E-state index in [4.69, 9.17) is 4.74 Å². The third-order valence-corrected chi connectivity index (χ3v) is 7.65. The average Bonchev–Trinajstić information content (AvgIpc) is 3.20. The monoisotopic (exact) mass is 415 g/mol. The fourth-order valence-electron chi connectivity index (χ4n) is 3.57. The van der Waals surface area contributed by atoms with Gasteiger partial charge in [0.1, 0.15) is 0 Å². The molecule has 0 saturated carbocycles. The molecule has 2 atom stereocenters. The Morgan fingerprint density at radius 2 is 2.19 bits per heavy atom. The molecule has 150 valence electrons. The van der Waals surface area contributed by atoms with E-state index in [0.29, 0.717) is 37.4 Å². The lowest BCUT2D eigenvalue weighted by molar-refractivity contribution is -0.130. The van der Waals surface area contributed by atoms with Crippen LogP contribution in [0.4, 0.5) is 0 Å². The number of sulfonamides is 1. The topological polar surface area (TPSA) is 96.0 Å². The summed E-state index contributed by atoms with van der Waals surface area (Å²) in [5.41, 5.74) is 0. The summed E-state index contributed by atoms with van der Waals surface area (Å²) in [6.07, 6.45) is 0.886. The van der Waals surface area contributed by atoms with Gasteiger partial charge in [-0.2, -0.15) is 0 Å². The molecule has 0 spiro atoms. The fourth-order valence-corrected chi connectivity index (χ4v) is 5.83. The van der Waals surface area contributed by atoms with Crippen LogP contribution in [0.1, 0.15) is 27.4 Å². The van der Waals surface area contributed by atoms with Crippen LogP contribution in [-0.4, -0.2) is 80.6 Å². The van der Waals surface area contributed by atoms with Crippen molar-refractivity contribution in [2.45, 2.75) is 31.8 Å². The van der Waals surface area contributed by atoms with Gasteiger partial charge in [-0.05, 0) is 31.9 Å². The van der Waals surface area contributed by atoms with E-state index < -0.39 is 22.0 Å². The summed E-state index contributed by atoms with van der Waals surface area (Å²) in [5, 5.41) is 2.98. The second-order valence-corrected chi connectivity index (χ2v) is 10.2. The van der Waals surface area contributed by atoms with Gasteiger partial charge in [0.2, 0.25) is 10.0 Å². The van der Waals surface area contributed by atoms with Crippen molar-refractivity contribution >= 4 is 33.2 Å². The third kappa shape index (κ3) is 4.50. The van der Waals surface area contributed by atoms with Crippen LogP contribution in [0, 0.1) is 6.92 Å². The van der Waals surface area contributed by atoms with Crippen molar-refractivity contribution < 1.29 is 22.7 Å². The molecule has 2 fully saturated rings. The van der Waals surface area contributed by atoms with Crippen molar-refractivity contribution in [2.24, 2.45) is 0 Å². The van der Waals surface area contributed by atoms with E-state index in [1.54, 1.807) is 13.2 Å². The van der Waals surface area contributed by atoms with Crippen molar-refractivity contribution in [3.63, 3.8) is 0 Å². The molecular formula is C17H25N3O5S2. The zero-order valence-corrected chi connectivity index (χ0v) is 17.1. The molecule has 1 N–H and O–H groups in total. The maximum atomic E-state index is 12.9. The largest absolute Gasteiger partial charge is 0.385 e. The van der Waals surface area contributed by atoms with Crippen LogP contribution in [-0.2, 0) is 19.6 Å². The predicted molar refractivity (Wildman–Crippen MR) is 102 cm³/mol. The molecule has 0 aromatic carbocycles. The standard InChI is InChI=1S/C17H25N3O5S2/c1-12-4-5-15(26-12)16(21)18-13-10-14-17(22)20(6-3-8-25-2)27(23,24)9-7-19(14)11-13/h4-5,13-14H,3,6-11H2,1-2H3,(H,18,21)/t13-,14-/m0/s1. The molecule has 0 radical (unpaired) electrons. The maximum Gasteiger partial charge on any atom is 0.261 e. The van der Waals surface area contributed by atoms with Gasteiger partial charge in [0.25, 0.3) is 11.8 Å². The molecule has 2 aliphatic rings. The van der Waals surface area contributed by atoms with Gasteiger partial charge >= 0.3 is 0 Å². The summed E-state index contributed by atoms with van der Waals surface area (Å²) in [6, 6.07) is 3.00. The normalized spacial score (nSPS) is 25.3. The van der Waals surface area contributed by atoms with Gasteiger partial charge in [0, 0.05) is 44.3 Å². The summed E-state index contributed by atoms with van der Waals surface area (Å²) < 4.78 is 30.9.